The molecule has 10 N–H and O–H groups in total. The Morgan fingerprint density at radius 3 is 1.49 bits per heavy atom. The summed E-state index contributed by atoms with van der Waals surface area (Å²) in [5.41, 5.74) is 10.9. The van der Waals surface area contributed by atoms with E-state index in [1.807, 2.05) is 0 Å². The number of carbonyl (C=O) groups excluding carboxylic acids is 2. The molecule has 0 bridgehead atoms. The summed E-state index contributed by atoms with van der Waals surface area (Å²) >= 11 is 0. The second kappa shape index (κ2) is 13.3. The fraction of sp³-hybridized carbons (Fsp3) is 0.545. The molecule has 0 saturated carbocycles. The molecular formula is C22H32N4O15P2. The van der Waals surface area contributed by atoms with E-state index >= 15 is 0 Å². The van der Waals surface area contributed by atoms with Gasteiger partial charge in [-0.1, -0.05) is 12.2 Å². The minimum absolute atomic E-state index is 0.192. The van der Waals surface area contributed by atoms with E-state index in [0.717, 1.165) is 0 Å². The molecular weight excluding hydrogens is 622 g/mol. The first-order valence-electron chi connectivity index (χ1n) is 12.7. The van der Waals surface area contributed by atoms with Gasteiger partial charge >= 0.3 is 15.6 Å². The summed E-state index contributed by atoms with van der Waals surface area (Å²) in [7, 11) is -10.7. The second-order valence-electron chi connectivity index (χ2n) is 9.81. The zero-order valence-electron chi connectivity index (χ0n) is 22.2. The highest BCUT2D eigenvalue weighted by Gasteiger charge is 2.48. The molecule has 0 radical (unpaired) electrons. The average Bonchev–Trinajstić information content (AvgIpc) is 3.40. The first-order valence-corrected chi connectivity index (χ1v) is 15.7. The summed E-state index contributed by atoms with van der Waals surface area (Å²) in [6.07, 6.45) is -2.65. The molecule has 4 aliphatic rings. The van der Waals surface area contributed by atoms with Crippen molar-refractivity contribution >= 4 is 27.5 Å². The van der Waals surface area contributed by atoms with Gasteiger partial charge in [-0.05, 0) is 12.8 Å². The molecule has 0 aromatic rings. The molecule has 43 heavy (non-hydrogen) atoms. The van der Waals surface area contributed by atoms with E-state index in [2.05, 4.69) is 13.4 Å². The van der Waals surface area contributed by atoms with Crippen LogP contribution < -0.4 is 11.5 Å². The second-order valence-corrected chi connectivity index (χ2v) is 12.9. The van der Waals surface area contributed by atoms with E-state index in [-0.39, 0.29) is 24.0 Å². The Balaban J connectivity index is 1.29. The van der Waals surface area contributed by atoms with E-state index < -0.39 is 89.8 Å². The highest BCUT2D eigenvalue weighted by Crippen LogP contribution is 2.60. The standard InChI is InChI=1S/C22H32N4O15P2/c23-19(31)11-3-1-5-25(7-11)21-17(29)15(27)13(39-21)9-37-42(33,34)41-43(35,36)38-10-14-16(28)18(30)22(40-14)26-6-2-4-12(8-26)20(24)32/h1-2,5-8,13-18,21-22,27-30H,3-4,9-10H2,(H2,23,31)(H2,24,32)(H,33,34)(H,35,36)/t13-,14-,15-,16-,17-,18-,21+,22+/m1/s1. The van der Waals surface area contributed by atoms with Crippen LogP contribution >= 0.6 is 15.6 Å². The van der Waals surface area contributed by atoms with Crippen molar-refractivity contribution in [2.75, 3.05) is 13.2 Å². The number of hydrogen-bond donors (Lipinski definition) is 8. The van der Waals surface area contributed by atoms with Gasteiger partial charge in [-0.2, -0.15) is 4.31 Å². The number of ether oxygens (including phenoxy) is 2. The number of aliphatic hydroxyl groups is 4. The van der Waals surface area contributed by atoms with Gasteiger partial charge in [-0.15, -0.1) is 0 Å². The van der Waals surface area contributed by atoms with E-state index in [9.17, 15) is 48.9 Å². The Morgan fingerprint density at radius 1 is 0.767 bits per heavy atom. The third kappa shape index (κ3) is 7.98. The topological polar surface area (TPSA) is 294 Å². The minimum Gasteiger partial charge on any atom is -0.387 e. The van der Waals surface area contributed by atoms with Crippen LogP contribution in [0.3, 0.4) is 0 Å². The van der Waals surface area contributed by atoms with Gasteiger partial charge in [0, 0.05) is 35.9 Å². The Labute approximate surface area is 244 Å². The predicted molar refractivity (Wildman–Crippen MR) is 140 cm³/mol. The molecule has 2 saturated heterocycles. The van der Waals surface area contributed by atoms with Gasteiger partial charge in [-0.25, -0.2) is 9.13 Å². The third-order valence-corrected chi connectivity index (χ3v) is 9.35. The van der Waals surface area contributed by atoms with Crippen molar-refractivity contribution in [1.29, 1.82) is 0 Å². The van der Waals surface area contributed by atoms with Crippen molar-refractivity contribution in [1.82, 2.24) is 9.80 Å². The summed E-state index contributed by atoms with van der Waals surface area (Å²) in [4.78, 5) is 45.4. The molecule has 0 aromatic carbocycles. The molecule has 2 amide bonds. The molecule has 10 atom stereocenters. The highest BCUT2D eigenvalue weighted by atomic mass is 31.3. The van der Waals surface area contributed by atoms with Crippen LogP contribution in [0.4, 0.5) is 0 Å². The van der Waals surface area contributed by atoms with Gasteiger partial charge < -0.3 is 61.0 Å². The smallest absolute Gasteiger partial charge is 0.387 e. The predicted octanol–water partition coefficient (Wildman–Crippen LogP) is -2.69. The zero-order chi connectivity index (χ0) is 31.7. The minimum atomic E-state index is -5.36. The van der Waals surface area contributed by atoms with E-state index in [1.165, 1.54) is 34.6 Å². The van der Waals surface area contributed by atoms with Crippen LogP contribution in [0.5, 0.6) is 0 Å². The number of allylic oxidation sites excluding steroid dienone is 2. The van der Waals surface area contributed by atoms with Crippen LogP contribution in [0, 0.1) is 0 Å². The first kappa shape index (κ1) is 33.4. The molecule has 19 nitrogen and oxygen atoms in total. The summed E-state index contributed by atoms with van der Waals surface area (Å²) in [6.45, 7) is -1.79. The lowest BCUT2D eigenvalue weighted by Gasteiger charge is -2.28. The molecule has 240 valence electrons. The lowest BCUT2D eigenvalue weighted by atomic mass is 10.1. The summed E-state index contributed by atoms with van der Waals surface area (Å²) in [6, 6.07) is 0. The lowest BCUT2D eigenvalue weighted by molar-refractivity contribution is -0.115. The largest absolute Gasteiger partial charge is 0.481 e. The van der Waals surface area contributed by atoms with Crippen molar-refractivity contribution in [3.8, 4) is 0 Å². The quantitative estimate of drug-likeness (QED) is 0.0994. The molecule has 0 aliphatic carbocycles. The van der Waals surface area contributed by atoms with Crippen LogP contribution in [0.2, 0.25) is 0 Å². The van der Waals surface area contributed by atoms with Gasteiger partial charge in [0.05, 0.1) is 13.2 Å². The van der Waals surface area contributed by atoms with Crippen molar-refractivity contribution in [3.05, 3.63) is 48.1 Å². The van der Waals surface area contributed by atoms with Gasteiger partial charge in [0.15, 0.2) is 12.5 Å². The Bertz CT molecular complexity index is 1210. The third-order valence-electron chi connectivity index (χ3n) is 6.75. The molecule has 4 rings (SSSR count). The van der Waals surface area contributed by atoms with E-state index in [4.69, 9.17) is 20.9 Å². The Morgan fingerprint density at radius 2 is 1.14 bits per heavy atom. The number of hydrogen-bond acceptors (Lipinski definition) is 15. The van der Waals surface area contributed by atoms with Crippen LogP contribution in [0.1, 0.15) is 12.8 Å². The number of carbonyl (C=O) groups is 2. The maximum absolute atomic E-state index is 12.4. The Kier molecular flexibility index (Phi) is 10.3. The monoisotopic (exact) mass is 654 g/mol. The van der Waals surface area contributed by atoms with Crippen LogP contribution in [0.15, 0.2) is 48.1 Å². The number of rotatable bonds is 12. The van der Waals surface area contributed by atoms with Gasteiger partial charge in [-0.3, -0.25) is 18.6 Å². The zero-order valence-corrected chi connectivity index (χ0v) is 24.0. The fourth-order valence-corrected chi connectivity index (χ4v) is 6.63. The van der Waals surface area contributed by atoms with Gasteiger partial charge in [0.25, 0.3) is 0 Å². The summed E-state index contributed by atoms with van der Waals surface area (Å²) in [5.74, 6) is -1.42. The molecule has 4 aliphatic heterocycles. The highest BCUT2D eigenvalue weighted by molar-refractivity contribution is 7.61. The van der Waals surface area contributed by atoms with Crippen LogP contribution in [0.25, 0.3) is 0 Å². The maximum atomic E-state index is 12.4. The number of amides is 2. The Hall–Kier alpha value is -2.48. The van der Waals surface area contributed by atoms with Gasteiger partial charge in [0.2, 0.25) is 11.8 Å². The normalized spacial score (nSPS) is 35.3. The van der Waals surface area contributed by atoms with Crippen LogP contribution in [-0.4, -0.2) is 114 Å². The van der Waals surface area contributed by atoms with Crippen LogP contribution in [-0.2, 0) is 41.6 Å². The first-order chi connectivity index (χ1) is 20.1. The average molecular weight is 654 g/mol. The maximum Gasteiger partial charge on any atom is 0.481 e. The number of primary amides is 2. The van der Waals surface area contributed by atoms with Gasteiger partial charge in [0.1, 0.15) is 36.6 Å². The molecule has 2 fully saturated rings. The number of nitrogens with two attached hydrogens (primary N) is 2. The summed E-state index contributed by atoms with van der Waals surface area (Å²) < 4.78 is 49.3. The number of aliphatic hydroxyl groups excluding tert-OH is 4. The number of nitrogens with zero attached hydrogens (tertiary/aromatic N) is 2. The molecule has 2 unspecified atom stereocenters. The lowest BCUT2D eigenvalue weighted by Crippen LogP contribution is -2.40. The van der Waals surface area contributed by atoms with E-state index in [0.29, 0.717) is 0 Å². The van der Waals surface area contributed by atoms with E-state index in [1.54, 1.807) is 12.2 Å². The summed E-state index contributed by atoms with van der Waals surface area (Å²) in [5, 5.41) is 41.4. The fourth-order valence-electron chi connectivity index (χ4n) is 4.54. The molecule has 0 aromatic heterocycles. The van der Waals surface area contributed by atoms with Crippen molar-refractivity contribution in [2.24, 2.45) is 11.5 Å². The van der Waals surface area contributed by atoms with Crippen molar-refractivity contribution in [2.45, 2.75) is 61.9 Å². The van der Waals surface area contributed by atoms with Crippen molar-refractivity contribution < 1.29 is 71.8 Å². The SMILES string of the molecule is NC(=O)C1=CN([C@H]2O[C@H](COP(=O)(O)OP(=O)(O)OC[C@H]3O[C@H](N4C=CCC(C(N)=O)=C4)[C@H](O)[C@@H]3O)[C@@H](O)[C@H]2O)C=CC1. The molecule has 21 heteroatoms. The number of phosphoric ester groups is 2. The molecule has 0 spiro atoms. The van der Waals surface area contributed by atoms with Crippen molar-refractivity contribution in [3.63, 3.8) is 0 Å². The molecule has 4 heterocycles. The number of phosphoric acid groups is 2.